The number of hydrogen-bond donors (Lipinski definition) is 2. The first-order valence-corrected chi connectivity index (χ1v) is 10.4. The van der Waals surface area contributed by atoms with Crippen LogP contribution < -0.4 is 10.6 Å². The van der Waals surface area contributed by atoms with Crippen molar-refractivity contribution >= 4 is 35.8 Å². The second-order valence-corrected chi connectivity index (χ2v) is 7.54. The van der Waals surface area contributed by atoms with Crippen LogP contribution in [0.2, 0.25) is 0 Å². The molecule has 1 aliphatic rings. The zero-order valence-electron chi connectivity index (χ0n) is 18.3. The summed E-state index contributed by atoms with van der Waals surface area (Å²) < 4.78 is 41.1. The topological polar surface area (TPSA) is 66.0 Å². The van der Waals surface area contributed by atoms with E-state index >= 15 is 0 Å². The van der Waals surface area contributed by atoms with Crippen LogP contribution in [0.15, 0.2) is 53.5 Å². The van der Waals surface area contributed by atoms with Gasteiger partial charge in [0.25, 0.3) is 0 Å². The lowest BCUT2D eigenvalue weighted by Gasteiger charge is -2.29. The number of rotatable bonds is 7. The molecule has 180 valence electrons. The SMILES string of the molecule is CN=C(NCC(=O)N1CCc2ccccc2C1)NCc1ccc(COCC(F)(F)F)cc1.I. The monoisotopic (exact) mass is 576 g/mol. The Labute approximate surface area is 208 Å². The predicted molar refractivity (Wildman–Crippen MR) is 131 cm³/mol. The molecule has 0 bridgehead atoms. The third-order valence-electron chi connectivity index (χ3n) is 5.13. The van der Waals surface area contributed by atoms with Crippen LogP contribution in [0.4, 0.5) is 13.2 Å². The number of hydrogen-bond acceptors (Lipinski definition) is 3. The number of halogens is 4. The van der Waals surface area contributed by atoms with E-state index in [0.717, 1.165) is 12.0 Å². The summed E-state index contributed by atoms with van der Waals surface area (Å²) in [6.07, 6.45) is -3.47. The first kappa shape index (κ1) is 26.9. The van der Waals surface area contributed by atoms with Crippen LogP contribution in [-0.4, -0.2) is 49.7 Å². The molecule has 1 heterocycles. The normalized spacial score (nSPS) is 13.7. The number of benzene rings is 2. The van der Waals surface area contributed by atoms with E-state index in [9.17, 15) is 18.0 Å². The molecule has 0 atom stereocenters. The summed E-state index contributed by atoms with van der Waals surface area (Å²) in [5, 5.41) is 6.17. The van der Waals surface area contributed by atoms with Gasteiger partial charge in [-0.2, -0.15) is 13.2 Å². The van der Waals surface area contributed by atoms with E-state index in [1.807, 2.05) is 29.2 Å². The van der Waals surface area contributed by atoms with Gasteiger partial charge >= 0.3 is 6.18 Å². The second-order valence-electron chi connectivity index (χ2n) is 7.54. The van der Waals surface area contributed by atoms with E-state index in [1.54, 1.807) is 19.2 Å². The van der Waals surface area contributed by atoms with Crippen molar-refractivity contribution < 1.29 is 22.7 Å². The largest absolute Gasteiger partial charge is 0.411 e. The van der Waals surface area contributed by atoms with Gasteiger partial charge < -0.3 is 20.3 Å². The summed E-state index contributed by atoms with van der Waals surface area (Å²) in [5.41, 5.74) is 4.06. The minimum Gasteiger partial charge on any atom is -0.367 e. The highest BCUT2D eigenvalue weighted by Crippen LogP contribution is 2.18. The fraction of sp³-hybridized carbons (Fsp3) is 0.391. The Morgan fingerprint density at radius 3 is 2.39 bits per heavy atom. The van der Waals surface area contributed by atoms with Crippen molar-refractivity contribution in [3.05, 3.63) is 70.8 Å². The number of alkyl halides is 3. The molecule has 0 spiro atoms. The van der Waals surface area contributed by atoms with E-state index in [0.29, 0.717) is 31.2 Å². The quantitative estimate of drug-likeness (QED) is 0.300. The molecule has 10 heteroatoms. The number of carbonyl (C=O) groups excluding carboxylic acids is 1. The molecule has 1 amide bonds. The second kappa shape index (κ2) is 12.8. The van der Waals surface area contributed by atoms with Gasteiger partial charge in [-0.05, 0) is 28.7 Å². The number of fused-ring (bicyclic) bond motifs is 1. The smallest absolute Gasteiger partial charge is 0.367 e. The number of carbonyl (C=O) groups is 1. The highest BCUT2D eigenvalue weighted by Gasteiger charge is 2.27. The van der Waals surface area contributed by atoms with E-state index in [2.05, 4.69) is 32.5 Å². The minimum atomic E-state index is -4.33. The van der Waals surface area contributed by atoms with Crippen molar-refractivity contribution in [1.29, 1.82) is 0 Å². The third-order valence-corrected chi connectivity index (χ3v) is 5.13. The van der Waals surface area contributed by atoms with E-state index in [-0.39, 0.29) is 43.0 Å². The Hall–Kier alpha value is -2.34. The van der Waals surface area contributed by atoms with Crippen LogP contribution in [0.1, 0.15) is 22.3 Å². The number of nitrogens with zero attached hydrogens (tertiary/aromatic N) is 2. The van der Waals surface area contributed by atoms with Gasteiger partial charge in [0.05, 0.1) is 13.2 Å². The van der Waals surface area contributed by atoms with Gasteiger partial charge in [-0.15, -0.1) is 24.0 Å². The van der Waals surface area contributed by atoms with Gasteiger partial charge in [0.15, 0.2) is 5.96 Å². The van der Waals surface area contributed by atoms with Gasteiger partial charge in [0.2, 0.25) is 5.91 Å². The van der Waals surface area contributed by atoms with Gasteiger partial charge in [0.1, 0.15) is 6.61 Å². The number of guanidine groups is 1. The Morgan fingerprint density at radius 1 is 1.06 bits per heavy atom. The van der Waals surface area contributed by atoms with Crippen molar-refractivity contribution in [3.63, 3.8) is 0 Å². The van der Waals surface area contributed by atoms with Gasteiger partial charge in [0, 0.05) is 26.7 Å². The summed E-state index contributed by atoms with van der Waals surface area (Å²) >= 11 is 0. The van der Waals surface area contributed by atoms with E-state index in [1.165, 1.54) is 11.1 Å². The molecule has 0 fully saturated rings. The van der Waals surface area contributed by atoms with Crippen LogP contribution in [0.3, 0.4) is 0 Å². The maximum absolute atomic E-state index is 12.6. The molecule has 3 rings (SSSR count). The summed E-state index contributed by atoms with van der Waals surface area (Å²) in [7, 11) is 1.62. The van der Waals surface area contributed by atoms with Crippen molar-refractivity contribution in [3.8, 4) is 0 Å². The Bertz CT molecular complexity index is 936. The highest BCUT2D eigenvalue weighted by atomic mass is 127. The lowest BCUT2D eigenvalue weighted by atomic mass is 10.00. The molecule has 0 aromatic heterocycles. The molecular weight excluding hydrogens is 548 g/mol. The Kier molecular flexibility index (Phi) is 10.4. The number of nitrogens with one attached hydrogen (secondary N) is 2. The Balaban J connectivity index is 0.00000385. The van der Waals surface area contributed by atoms with Crippen LogP contribution >= 0.6 is 24.0 Å². The van der Waals surface area contributed by atoms with Crippen LogP contribution in [0, 0.1) is 0 Å². The average Bonchev–Trinajstić information content (AvgIpc) is 2.78. The first-order chi connectivity index (χ1) is 15.3. The van der Waals surface area contributed by atoms with Crippen LogP contribution in [-0.2, 0) is 35.6 Å². The molecule has 0 radical (unpaired) electrons. The van der Waals surface area contributed by atoms with Crippen LogP contribution in [0.25, 0.3) is 0 Å². The fourth-order valence-corrected chi connectivity index (χ4v) is 3.42. The first-order valence-electron chi connectivity index (χ1n) is 10.4. The van der Waals surface area contributed by atoms with Crippen molar-refractivity contribution in [2.45, 2.75) is 32.3 Å². The zero-order chi connectivity index (χ0) is 23.0. The molecule has 6 nitrogen and oxygen atoms in total. The molecule has 0 saturated carbocycles. The Morgan fingerprint density at radius 2 is 1.73 bits per heavy atom. The summed E-state index contributed by atoms with van der Waals surface area (Å²) in [5.74, 6) is 0.499. The maximum atomic E-state index is 12.6. The fourth-order valence-electron chi connectivity index (χ4n) is 3.42. The zero-order valence-corrected chi connectivity index (χ0v) is 20.7. The molecule has 2 aromatic carbocycles. The lowest BCUT2D eigenvalue weighted by molar-refractivity contribution is -0.176. The van der Waals surface area contributed by atoms with Crippen molar-refractivity contribution in [2.24, 2.45) is 4.99 Å². The average molecular weight is 576 g/mol. The number of amides is 1. The maximum Gasteiger partial charge on any atom is 0.411 e. The minimum absolute atomic E-state index is 0. The molecule has 2 aromatic rings. The van der Waals surface area contributed by atoms with E-state index < -0.39 is 12.8 Å². The molecule has 0 unspecified atom stereocenters. The van der Waals surface area contributed by atoms with Crippen molar-refractivity contribution in [2.75, 3.05) is 26.7 Å². The number of aliphatic imine (C=N–C) groups is 1. The molecule has 0 aliphatic carbocycles. The highest BCUT2D eigenvalue weighted by molar-refractivity contribution is 14.0. The molecule has 33 heavy (non-hydrogen) atoms. The lowest BCUT2D eigenvalue weighted by Crippen LogP contribution is -2.45. The van der Waals surface area contributed by atoms with Crippen LogP contribution in [0.5, 0.6) is 0 Å². The standard InChI is InChI=1S/C23H27F3N4O2.HI/c1-27-22(28-12-17-6-8-18(9-7-17)15-32-16-23(24,25)26)29-13-21(31)30-11-10-19-4-2-3-5-20(19)14-30;/h2-9H,10-16H2,1H3,(H2,27,28,29);1H. The summed E-state index contributed by atoms with van der Waals surface area (Å²) in [6.45, 7) is 0.538. The molecule has 0 saturated heterocycles. The van der Waals surface area contributed by atoms with Gasteiger partial charge in [-0.1, -0.05) is 48.5 Å². The molecular formula is C23H28F3IN4O2. The van der Waals surface area contributed by atoms with E-state index in [4.69, 9.17) is 0 Å². The molecule has 1 aliphatic heterocycles. The summed E-state index contributed by atoms with van der Waals surface area (Å²) in [4.78, 5) is 18.6. The van der Waals surface area contributed by atoms with Gasteiger partial charge in [-0.25, -0.2) is 0 Å². The predicted octanol–water partition coefficient (Wildman–Crippen LogP) is 3.63. The van der Waals surface area contributed by atoms with Gasteiger partial charge in [-0.3, -0.25) is 9.79 Å². The molecule has 2 N–H and O–H groups in total. The summed E-state index contributed by atoms with van der Waals surface area (Å²) in [6, 6.07) is 15.2. The van der Waals surface area contributed by atoms with Crippen molar-refractivity contribution in [1.82, 2.24) is 15.5 Å². The number of ether oxygens (including phenoxy) is 1. The third kappa shape index (κ3) is 8.84.